The van der Waals surface area contributed by atoms with Crippen molar-refractivity contribution in [2.24, 2.45) is 17.0 Å². The maximum absolute atomic E-state index is 13.0. The fourth-order valence-electron chi connectivity index (χ4n) is 3.31. The number of carbonyl (C=O) groups excluding carboxylic acids is 1. The zero-order valence-corrected chi connectivity index (χ0v) is 26.2. The smallest absolute Gasteiger partial charge is 0.649 e. The average Bonchev–Trinajstić information content (AvgIpc) is 3.29. The van der Waals surface area contributed by atoms with Gasteiger partial charge in [0.15, 0.2) is 5.84 Å². The number of nitrogens with one attached hydrogen (secondary N) is 1. The van der Waals surface area contributed by atoms with Gasteiger partial charge >= 0.3 is 74.9 Å². The van der Waals surface area contributed by atoms with Crippen molar-refractivity contribution >= 4 is 29.1 Å². The molecule has 8 nitrogen and oxygen atoms in total. The molecule has 0 spiro atoms. The average molecular weight is 581 g/mol. The Bertz CT molecular complexity index is 939. The van der Waals surface area contributed by atoms with Crippen LogP contribution in [0.5, 0.6) is 0 Å². The minimum atomic E-state index is -1.14. The maximum Gasteiger partial charge on any atom is 1.00 e. The van der Waals surface area contributed by atoms with Gasteiger partial charge in [0.2, 0.25) is 6.41 Å². The van der Waals surface area contributed by atoms with E-state index in [1.165, 1.54) is 44.6 Å². The van der Waals surface area contributed by atoms with Crippen LogP contribution < -0.4 is 79.2 Å². The van der Waals surface area contributed by atoms with Gasteiger partial charge in [-0.05, 0) is 62.6 Å². The van der Waals surface area contributed by atoms with Gasteiger partial charge < -0.3 is 25.0 Å². The Balaban J connectivity index is 0.000000251. The Morgan fingerprint density at radius 3 is 2.52 bits per heavy atom. The molecular weight excluding hydrogens is 550 g/mol. The van der Waals surface area contributed by atoms with Crippen molar-refractivity contribution in [2.75, 3.05) is 13.7 Å². The topological polar surface area (TPSA) is 111 Å². The van der Waals surface area contributed by atoms with Gasteiger partial charge in [-0.15, -0.1) is 0 Å². The number of amides is 1. The third-order valence-electron chi connectivity index (χ3n) is 5.28. The molecule has 2 aromatic rings. The van der Waals surface area contributed by atoms with Gasteiger partial charge in [-0.2, -0.15) is 0 Å². The number of carbonyl (C=O) groups is 2. The monoisotopic (exact) mass is 581 g/mol. The molecule has 1 aliphatic heterocycles. The number of carboxylic acids is 1. The summed E-state index contributed by atoms with van der Waals surface area (Å²) < 4.78 is 18.5. The fourth-order valence-corrected chi connectivity index (χ4v) is 3.31. The molecule has 2 unspecified atom stereocenters. The summed E-state index contributed by atoms with van der Waals surface area (Å²) in [6.07, 6.45) is 5.54. The molecule has 2 atom stereocenters. The largest absolute Gasteiger partial charge is 1.00 e. The molecule has 1 amide bonds. The summed E-state index contributed by atoms with van der Waals surface area (Å²) in [4.78, 5) is 28.8. The van der Waals surface area contributed by atoms with E-state index in [2.05, 4.69) is 41.1 Å². The molecule has 0 bridgehead atoms. The number of benzene rings is 1. The zero-order chi connectivity index (χ0) is 23.7. The van der Waals surface area contributed by atoms with E-state index in [1.54, 1.807) is 6.07 Å². The minimum Gasteiger partial charge on any atom is -0.649 e. The van der Waals surface area contributed by atoms with Gasteiger partial charge in [0.05, 0.1) is 5.60 Å². The Morgan fingerprint density at radius 1 is 1.39 bits per heavy atom. The van der Waals surface area contributed by atoms with E-state index in [4.69, 9.17) is 9.84 Å². The molecule has 2 heterocycles. The van der Waals surface area contributed by atoms with Crippen LogP contribution in [0.1, 0.15) is 56.9 Å². The normalized spacial score (nSPS) is 20.7. The van der Waals surface area contributed by atoms with Gasteiger partial charge in [-0.3, -0.25) is 4.79 Å². The van der Waals surface area contributed by atoms with Crippen LogP contribution in [-0.4, -0.2) is 42.6 Å². The van der Waals surface area contributed by atoms with Crippen LogP contribution in [0.2, 0.25) is 0 Å². The second kappa shape index (κ2) is 14.5. The number of aromatic carboxylic acids is 1. The van der Waals surface area contributed by atoms with Crippen LogP contribution in [0.15, 0.2) is 29.4 Å². The number of halogens is 1. The Hall–Kier alpha value is -0.888. The molecule has 2 aliphatic rings. The van der Waals surface area contributed by atoms with Crippen LogP contribution >= 0.6 is 0 Å². The van der Waals surface area contributed by atoms with Crippen molar-refractivity contribution in [1.29, 1.82) is 0 Å². The molecule has 1 saturated carbocycles. The van der Waals surface area contributed by atoms with Gasteiger partial charge in [0.1, 0.15) is 12.9 Å². The number of nitrogens with zero attached hydrogens (tertiary/aromatic N) is 2. The summed E-state index contributed by atoms with van der Waals surface area (Å²) in [6, 6.07) is 5.74. The molecule has 1 saturated heterocycles. The Kier molecular flexibility index (Phi) is 13.2. The first-order valence-electron chi connectivity index (χ1n) is 10.6. The molecule has 2 fully saturated rings. The Morgan fingerprint density at radius 2 is 2.09 bits per heavy atom. The summed E-state index contributed by atoms with van der Waals surface area (Å²) in [5, 5.41) is 15.3. The molecule has 10 heteroatoms. The molecule has 1 aliphatic carbocycles. The molecule has 33 heavy (non-hydrogen) atoms. The van der Waals surface area contributed by atoms with Crippen LogP contribution in [0.25, 0.3) is 10.9 Å². The Labute approximate surface area is 252 Å². The predicted molar refractivity (Wildman–Crippen MR) is 119 cm³/mol. The second-order valence-electron chi connectivity index (χ2n) is 8.43. The van der Waals surface area contributed by atoms with Crippen molar-refractivity contribution in [3.05, 3.63) is 35.8 Å². The van der Waals surface area contributed by atoms with Crippen LogP contribution in [0.3, 0.4) is 0 Å². The van der Waals surface area contributed by atoms with Gasteiger partial charge in [-0.1, -0.05) is 35.8 Å². The summed E-state index contributed by atoms with van der Waals surface area (Å²) >= 11 is 0. The van der Waals surface area contributed by atoms with Crippen LogP contribution in [-0.2, 0) is 14.4 Å². The van der Waals surface area contributed by atoms with Crippen LogP contribution in [0.4, 0.5) is 4.39 Å². The number of aromatic nitrogens is 1. The van der Waals surface area contributed by atoms with Crippen LogP contribution in [0, 0.1) is 17.7 Å². The molecule has 2 N–H and O–H groups in total. The maximum atomic E-state index is 13.0. The quantitative estimate of drug-likeness (QED) is 0.241. The van der Waals surface area contributed by atoms with E-state index < -0.39 is 11.8 Å². The predicted octanol–water partition coefficient (Wildman–Crippen LogP) is 0.952. The third-order valence-corrected chi connectivity index (χ3v) is 5.28. The number of para-hydroxylation sites is 1. The number of rotatable bonds is 4. The molecular formula is C23H31CsFN3O5. The first-order chi connectivity index (χ1) is 15.2. The molecule has 0 radical (unpaired) electrons. The van der Waals surface area contributed by atoms with Gasteiger partial charge in [0.25, 0.3) is 0 Å². The van der Waals surface area contributed by atoms with Gasteiger partial charge in [0, 0.05) is 12.5 Å². The summed E-state index contributed by atoms with van der Waals surface area (Å²) in [6.45, 7) is 7.40. The fraction of sp³-hybridized carbons (Fsp3) is 0.522. The molecule has 4 rings (SSSR count). The molecule has 1 aromatic heterocycles. The molecule has 1 aromatic carbocycles. The van der Waals surface area contributed by atoms with Crippen molar-refractivity contribution in [3.63, 3.8) is 0 Å². The van der Waals surface area contributed by atoms with E-state index in [1.807, 2.05) is 0 Å². The number of fused-ring (bicyclic) bond motifs is 1. The van der Waals surface area contributed by atoms with E-state index in [0.717, 1.165) is 13.0 Å². The number of oxime groups is 1. The summed E-state index contributed by atoms with van der Waals surface area (Å²) in [7, 11) is 1.47. The first kappa shape index (κ1) is 30.1. The van der Waals surface area contributed by atoms with Crippen molar-refractivity contribution in [2.45, 2.75) is 52.1 Å². The van der Waals surface area contributed by atoms with E-state index in [0.29, 0.717) is 29.5 Å². The van der Waals surface area contributed by atoms with E-state index in [-0.39, 0.29) is 85.7 Å². The minimum absolute atomic E-state index is 0. The van der Waals surface area contributed by atoms with Gasteiger partial charge in [-0.25, -0.2) is 9.18 Å². The standard InChI is InChI=1S/C9H5FNO2.C7H12N2O2.C7H14O.Cs/c10-6-3-1-2-5-4-7(9(12)13)11-8(5)6;1-5-3-6(5)7(8-4-10)9-11-2;1-7(2)5-3-4-6-8-7;/h1-4H,(H,12,13);4-6H,3H2,1-2H3,(H,8,9,10);3-6H2,1-2H3;/q-1;;;+1. The summed E-state index contributed by atoms with van der Waals surface area (Å²) in [5.41, 5.74) is 0.165. The number of amidine groups is 1. The third kappa shape index (κ3) is 10.1. The second-order valence-corrected chi connectivity index (χ2v) is 8.43. The number of hydrogen-bond acceptors (Lipinski definition) is 5. The number of carboxylic acid groups (broad SMARTS) is 1. The zero-order valence-electron chi connectivity index (χ0n) is 19.9. The molecule has 176 valence electrons. The number of hydrogen-bond donors (Lipinski definition) is 2. The van der Waals surface area contributed by atoms with Crippen molar-refractivity contribution in [1.82, 2.24) is 10.3 Å². The van der Waals surface area contributed by atoms with E-state index in [9.17, 15) is 14.0 Å². The first-order valence-corrected chi connectivity index (χ1v) is 10.6. The van der Waals surface area contributed by atoms with Crippen molar-refractivity contribution in [3.8, 4) is 0 Å². The summed E-state index contributed by atoms with van der Waals surface area (Å²) in [5.74, 6) is 0.0205. The van der Waals surface area contributed by atoms with E-state index >= 15 is 0 Å². The van der Waals surface area contributed by atoms with Crippen molar-refractivity contribution < 1.29 is 97.6 Å². The number of ether oxygens (including phenoxy) is 1. The SMILES string of the molecule is CC1(C)CCCCO1.CO/N=C(\NC=O)C1CC1C.O=C(O)c1cc2cccc(F)c2[n-]1.[Cs+].